The summed E-state index contributed by atoms with van der Waals surface area (Å²) in [5.74, 6) is 0.415. The van der Waals surface area contributed by atoms with Gasteiger partial charge in [-0.3, -0.25) is 0 Å². The minimum Gasteiger partial charge on any atom is -0.492 e. The van der Waals surface area contributed by atoms with Crippen LogP contribution in [-0.4, -0.2) is 45.5 Å². The van der Waals surface area contributed by atoms with Crippen molar-refractivity contribution in [3.05, 3.63) is 53.1 Å². The van der Waals surface area contributed by atoms with Gasteiger partial charge in [0.2, 0.25) is 10.0 Å². The monoisotopic (exact) mass is 394 g/mol. The summed E-state index contributed by atoms with van der Waals surface area (Å²) in [7, 11) is -3.59. The van der Waals surface area contributed by atoms with Crippen LogP contribution in [0.25, 0.3) is 0 Å². The Morgan fingerprint density at radius 3 is 2.31 bits per heavy atom. The number of aryl methyl sites for hydroxylation is 1. The van der Waals surface area contributed by atoms with E-state index in [0.717, 1.165) is 11.3 Å². The van der Waals surface area contributed by atoms with Crippen molar-refractivity contribution < 1.29 is 13.2 Å². The molecular formula is C19H23ClN2O3S. The third-order valence-corrected chi connectivity index (χ3v) is 6.62. The molecule has 0 bridgehead atoms. The summed E-state index contributed by atoms with van der Waals surface area (Å²) in [4.78, 5) is 2.42. The van der Waals surface area contributed by atoms with Crippen molar-refractivity contribution in [2.45, 2.75) is 18.7 Å². The molecule has 0 unspecified atom stereocenters. The summed E-state index contributed by atoms with van der Waals surface area (Å²) in [5, 5.41) is 0.692. The molecule has 1 aliphatic heterocycles. The fourth-order valence-corrected chi connectivity index (χ4v) is 4.83. The minimum absolute atomic E-state index is 0.249. The molecule has 7 heteroatoms. The van der Waals surface area contributed by atoms with E-state index in [-0.39, 0.29) is 4.90 Å². The van der Waals surface area contributed by atoms with Gasteiger partial charge in [-0.05, 0) is 55.8 Å². The Labute approximate surface area is 160 Å². The Bertz CT molecular complexity index is 861. The zero-order chi connectivity index (χ0) is 18.7. The molecule has 5 nitrogen and oxygen atoms in total. The summed E-state index contributed by atoms with van der Waals surface area (Å²) in [6, 6.07) is 12.9. The van der Waals surface area contributed by atoms with Gasteiger partial charge in [-0.2, -0.15) is 4.31 Å². The van der Waals surface area contributed by atoms with Crippen molar-refractivity contribution in [1.29, 1.82) is 0 Å². The number of halogens is 1. The van der Waals surface area contributed by atoms with Crippen LogP contribution in [-0.2, 0) is 10.0 Å². The Kier molecular flexibility index (Phi) is 5.75. The maximum Gasteiger partial charge on any atom is 0.246 e. The standard InChI is InChI=1S/C19H23ClN2O3S/c1-3-25-18-9-4-15(2)14-19(18)26(23,24)22-12-10-21(11-13-22)17-7-5-16(20)6-8-17/h4-9,14H,3,10-13H2,1-2H3. The molecule has 0 atom stereocenters. The van der Waals surface area contributed by atoms with Crippen LogP contribution in [0, 0.1) is 6.92 Å². The molecule has 1 fully saturated rings. The lowest BCUT2D eigenvalue weighted by molar-refractivity contribution is 0.327. The smallest absolute Gasteiger partial charge is 0.246 e. The highest BCUT2D eigenvalue weighted by Crippen LogP contribution is 2.29. The first kappa shape index (κ1) is 19.0. The number of anilines is 1. The maximum atomic E-state index is 13.1. The lowest BCUT2D eigenvalue weighted by Crippen LogP contribution is -2.48. The van der Waals surface area contributed by atoms with E-state index in [1.54, 1.807) is 12.1 Å². The van der Waals surface area contributed by atoms with Gasteiger partial charge in [-0.15, -0.1) is 0 Å². The SMILES string of the molecule is CCOc1ccc(C)cc1S(=O)(=O)N1CCN(c2ccc(Cl)cc2)CC1. The highest BCUT2D eigenvalue weighted by Gasteiger charge is 2.31. The topological polar surface area (TPSA) is 49.9 Å². The maximum absolute atomic E-state index is 13.1. The van der Waals surface area contributed by atoms with Gasteiger partial charge in [0.1, 0.15) is 10.6 Å². The Morgan fingerprint density at radius 2 is 1.69 bits per heavy atom. The van der Waals surface area contributed by atoms with Gasteiger partial charge in [-0.25, -0.2) is 8.42 Å². The average Bonchev–Trinajstić information content (AvgIpc) is 2.64. The predicted octanol–water partition coefficient (Wildman–Crippen LogP) is 3.56. The Morgan fingerprint density at radius 1 is 1.04 bits per heavy atom. The number of piperazine rings is 1. The molecule has 0 aliphatic carbocycles. The first-order chi connectivity index (χ1) is 12.4. The molecule has 0 N–H and O–H groups in total. The number of hydrogen-bond acceptors (Lipinski definition) is 4. The van der Waals surface area contributed by atoms with Crippen LogP contribution in [0.1, 0.15) is 12.5 Å². The van der Waals surface area contributed by atoms with Gasteiger partial charge >= 0.3 is 0 Å². The second kappa shape index (κ2) is 7.86. The molecule has 0 spiro atoms. The lowest BCUT2D eigenvalue weighted by atomic mass is 10.2. The minimum atomic E-state index is -3.59. The van der Waals surface area contributed by atoms with Gasteiger partial charge in [0.05, 0.1) is 6.61 Å². The molecule has 2 aromatic rings. The molecule has 140 valence electrons. The van der Waals surface area contributed by atoms with Crippen LogP contribution in [0.2, 0.25) is 5.02 Å². The molecule has 0 radical (unpaired) electrons. The van der Waals surface area contributed by atoms with Gasteiger partial charge in [0.25, 0.3) is 0 Å². The van der Waals surface area contributed by atoms with Crippen molar-refractivity contribution in [3.8, 4) is 5.75 Å². The largest absolute Gasteiger partial charge is 0.492 e. The fraction of sp³-hybridized carbons (Fsp3) is 0.368. The van der Waals surface area contributed by atoms with E-state index in [9.17, 15) is 8.42 Å². The van der Waals surface area contributed by atoms with Crippen LogP contribution in [0.5, 0.6) is 5.75 Å². The predicted molar refractivity (Wildman–Crippen MR) is 105 cm³/mol. The van der Waals surface area contributed by atoms with Crippen molar-refractivity contribution >= 4 is 27.3 Å². The molecule has 0 amide bonds. The normalized spacial score (nSPS) is 15.9. The first-order valence-corrected chi connectivity index (χ1v) is 10.5. The van der Waals surface area contributed by atoms with Gasteiger partial charge < -0.3 is 9.64 Å². The molecule has 0 aromatic heterocycles. The van der Waals surface area contributed by atoms with E-state index in [0.29, 0.717) is 43.6 Å². The number of rotatable bonds is 5. The number of sulfonamides is 1. The third kappa shape index (κ3) is 3.98. The lowest BCUT2D eigenvalue weighted by Gasteiger charge is -2.35. The van der Waals surface area contributed by atoms with Crippen molar-refractivity contribution in [1.82, 2.24) is 4.31 Å². The van der Waals surface area contributed by atoms with Crippen LogP contribution in [0.4, 0.5) is 5.69 Å². The highest BCUT2D eigenvalue weighted by atomic mass is 35.5. The Balaban J connectivity index is 1.78. The zero-order valence-corrected chi connectivity index (χ0v) is 16.6. The van der Waals surface area contributed by atoms with Crippen LogP contribution >= 0.6 is 11.6 Å². The summed E-state index contributed by atoms with van der Waals surface area (Å²) in [5.41, 5.74) is 1.95. The summed E-state index contributed by atoms with van der Waals surface area (Å²) in [6.45, 7) is 6.30. The van der Waals surface area contributed by atoms with Crippen molar-refractivity contribution in [3.63, 3.8) is 0 Å². The molecule has 3 rings (SSSR count). The van der Waals surface area contributed by atoms with Crippen LogP contribution in [0.15, 0.2) is 47.4 Å². The molecule has 26 heavy (non-hydrogen) atoms. The second-order valence-corrected chi connectivity index (χ2v) is 8.59. The summed E-state index contributed by atoms with van der Waals surface area (Å²) >= 11 is 5.94. The molecular weight excluding hydrogens is 372 g/mol. The second-order valence-electron chi connectivity index (χ2n) is 6.25. The van der Waals surface area contributed by atoms with Crippen molar-refractivity contribution in [2.75, 3.05) is 37.7 Å². The van der Waals surface area contributed by atoms with E-state index in [1.807, 2.05) is 44.2 Å². The van der Waals surface area contributed by atoms with Gasteiger partial charge in [0.15, 0.2) is 0 Å². The van der Waals surface area contributed by atoms with Crippen LogP contribution in [0.3, 0.4) is 0 Å². The highest BCUT2D eigenvalue weighted by molar-refractivity contribution is 7.89. The molecule has 0 saturated carbocycles. The van der Waals surface area contributed by atoms with Crippen LogP contribution < -0.4 is 9.64 Å². The fourth-order valence-electron chi connectivity index (χ4n) is 3.07. The first-order valence-electron chi connectivity index (χ1n) is 8.66. The summed E-state index contributed by atoms with van der Waals surface area (Å²) < 4.78 is 33.3. The van der Waals surface area contributed by atoms with E-state index >= 15 is 0 Å². The number of hydrogen-bond donors (Lipinski definition) is 0. The van der Waals surface area contributed by atoms with E-state index < -0.39 is 10.0 Å². The Hall–Kier alpha value is -1.76. The quantitative estimate of drug-likeness (QED) is 0.778. The number of benzene rings is 2. The molecule has 1 heterocycles. The summed E-state index contributed by atoms with van der Waals surface area (Å²) in [6.07, 6.45) is 0. The van der Waals surface area contributed by atoms with Crippen molar-refractivity contribution in [2.24, 2.45) is 0 Å². The zero-order valence-electron chi connectivity index (χ0n) is 15.0. The molecule has 1 aliphatic rings. The number of nitrogens with zero attached hydrogens (tertiary/aromatic N) is 2. The average molecular weight is 395 g/mol. The molecule has 2 aromatic carbocycles. The van der Waals surface area contributed by atoms with E-state index in [4.69, 9.17) is 16.3 Å². The van der Waals surface area contributed by atoms with E-state index in [2.05, 4.69) is 4.90 Å². The number of ether oxygens (including phenoxy) is 1. The van der Waals surface area contributed by atoms with Gasteiger partial charge in [0, 0.05) is 36.9 Å². The van der Waals surface area contributed by atoms with E-state index in [1.165, 1.54) is 4.31 Å². The third-order valence-electron chi connectivity index (χ3n) is 4.45. The molecule has 1 saturated heterocycles. The van der Waals surface area contributed by atoms with Gasteiger partial charge in [-0.1, -0.05) is 17.7 Å².